The predicted molar refractivity (Wildman–Crippen MR) is 69.2 cm³/mol. The molecule has 1 aliphatic rings. The SMILES string of the molecule is CCC(C)CN(C)CC(C)(NC1CC1)C(=O)O. The molecule has 2 unspecified atom stereocenters. The van der Waals surface area contributed by atoms with Gasteiger partial charge in [-0.1, -0.05) is 20.3 Å². The molecule has 0 aromatic rings. The number of carboxylic acid groups (broad SMARTS) is 1. The number of nitrogens with zero attached hydrogens (tertiary/aromatic N) is 1. The standard InChI is InChI=1S/C13H26N2O2/c1-5-10(2)8-15(4)9-13(3,12(16)17)14-11-6-7-11/h10-11,14H,5-9H2,1-4H3,(H,16,17). The lowest BCUT2D eigenvalue weighted by atomic mass is 10.0. The Bertz CT molecular complexity index is 266. The van der Waals surface area contributed by atoms with Crippen molar-refractivity contribution >= 4 is 5.97 Å². The second-order valence-electron chi connectivity index (χ2n) is 5.77. The van der Waals surface area contributed by atoms with E-state index in [9.17, 15) is 9.90 Å². The van der Waals surface area contributed by atoms with Gasteiger partial charge in [-0.25, -0.2) is 0 Å². The van der Waals surface area contributed by atoms with Crippen molar-refractivity contribution in [1.82, 2.24) is 10.2 Å². The van der Waals surface area contributed by atoms with Gasteiger partial charge in [0.2, 0.25) is 0 Å². The normalized spacial score (nSPS) is 21.2. The van der Waals surface area contributed by atoms with Crippen LogP contribution < -0.4 is 5.32 Å². The van der Waals surface area contributed by atoms with E-state index in [0.29, 0.717) is 18.5 Å². The third kappa shape index (κ3) is 4.64. The van der Waals surface area contributed by atoms with Crippen LogP contribution >= 0.6 is 0 Å². The van der Waals surface area contributed by atoms with Gasteiger partial charge in [0.25, 0.3) is 0 Å². The molecule has 0 radical (unpaired) electrons. The van der Waals surface area contributed by atoms with Crippen LogP contribution in [0.2, 0.25) is 0 Å². The summed E-state index contributed by atoms with van der Waals surface area (Å²) in [5.74, 6) is -0.139. The molecule has 100 valence electrons. The van der Waals surface area contributed by atoms with Crippen LogP contribution in [0, 0.1) is 5.92 Å². The molecule has 2 atom stereocenters. The van der Waals surface area contributed by atoms with Crippen LogP contribution in [0.25, 0.3) is 0 Å². The maximum Gasteiger partial charge on any atom is 0.324 e. The van der Waals surface area contributed by atoms with E-state index in [0.717, 1.165) is 25.8 Å². The molecule has 0 spiro atoms. The summed E-state index contributed by atoms with van der Waals surface area (Å²) in [5, 5.41) is 12.6. The molecule has 0 bridgehead atoms. The number of hydrogen-bond donors (Lipinski definition) is 2. The van der Waals surface area contributed by atoms with Crippen LogP contribution in [-0.2, 0) is 4.79 Å². The fourth-order valence-electron chi connectivity index (χ4n) is 2.12. The van der Waals surface area contributed by atoms with Crippen LogP contribution in [-0.4, -0.2) is 47.7 Å². The zero-order valence-electron chi connectivity index (χ0n) is 11.5. The maximum absolute atomic E-state index is 11.4. The van der Waals surface area contributed by atoms with Crippen LogP contribution in [0.3, 0.4) is 0 Å². The van der Waals surface area contributed by atoms with E-state index in [1.807, 2.05) is 7.05 Å². The number of likely N-dealkylation sites (N-methyl/N-ethyl adjacent to an activating group) is 1. The first kappa shape index (κ1) is 14.5. The number of carboxylic acids is 1. The monoisotopic (exact) mass is 242 g/mol. The molecule has 0 heterocycles. The summed E-state index contributed by atoms with van der Waals surface area (Å²) >= 11 is 0. The Morgan fingerprint density at radius 2 is 2.18 bits per heavy atom. The van der Waals surface area contributed by atoms with Gasteiger partial charge < -0.3 is 10.0 Å². The Balaban J connectivity index is 2.49. The van der Waals surface area contributed by atoms with Gasteiger partial charge in [-0.15, -0.1) is 0 Å². The zero-order chi connectivity index (χ0) is 13.1. The largest absolute Gasteiger partial charge is 0.480 e. The Morgan fingerprint density at radius 1 is 1.59 bits per heavy atom. The average Bonchev–Trinajstić information content (AvgIpc) is 3.00. The summed E-state index contributed by atoms with van der Waals surface area (Å²) in [4.78, 5) is 13.5. The highest BCUT2D eigenvalue weighted by atomic mass is 16.4. The molecule has 0 amide bonds. The molecule has 0 aromatic heterocycles. The predicted octanol–water partition coefficient (Wildman–Crippen LogP) is 1.56. The Kier molecular flexibility index (Phi) is 4.95. The van der Waals surface area contributed by atoms with Crippen LogP contribution in [0.4, 0.5) is 0 Å². The molecular formula is C13H26N2O2. The first-order valence-electron chi connectivity index (χ1n) is 6.57. The van der Waals surface area contributed by atoms with E-state index in [-0.39, 0.29) is 0 Å². The fraction of sp³-hybridized carbons (Fsp3) is 0.923. The highest BCUT2D eigenvalue weighted by Crippen LogP contribution is 2.23. The third-order valence-corrected chi connectivity index (χ3v) is 3.48. The van der Waals surface area contributed by atoms with Crippen molar-refractivity contribution < 1.29 is 9.90 Å². The van der Waals surface area contributed by atoms with Crippen LogP contribution in [0.5, 0.6) is 0 Å². The van der Waals surface area contributed by atoms with Gasteiger partial charge in [-0.05, 0) is 32.7 Å². The summed E-state index contributed by atoms with van der Waals surface area (Å²) in [6.07, 6.45) is 3.35. The Hall–Kier alpha value is -0.610. The summed E-state index contributed by atoms with van der Waals surface area (Å²) in [6.45, 7) is 7.66. The quantitative estimate of drug-likeness (QED) is 0.678. The number of aliphatic carboxylic acids is 1. The Morgan fingerprint density at radius 3 is 2.59 bits per heavy atom. The van der Waals surface area contributed by atoms with E-state index < -0.39 is 11.5 Å². The minimum Gasteiger partial charge on any atom is -0.480 e. The zero-order valence-corrected chi connectivity index (χ0v) is 11.5. The van der Waals surface area contributed by atoms with Crippen molar-refractivity contribution in [3.05, 3.63) is 0 Å². The number of nitrogens with one attached hydrogen (secondary N) is 1. The fourth-order valence-corrected chi connectivity index (χ4v) is 2.12. The van der Waals surface area contributed by atoms with Gasteiger partial charge in [0.1, 0.15) is 5.54 Å². The maximum atomic E-state index is 11.4. The molecule has 1 rings (SSSR count). The average molecular weight is 242 g/mol. The number of rotatable bonds is 8. The lowest BCUT2D eigenvalue weighted by Gasteiger charge is -2.32. The lowest BCUT2D eigenvalue weighted by molar-refractivity contribution is -0.145. The van der Waals surface area contributed by atoms with Gasteiger partial charge >= 0.3 is 5.97 Å². The van der Waals surface area contributed by atoms with Gasteiger partial charge in [0.05, 0.1) is 0 Å². The van der Waals surface area contributed by atoms with Crippen LogP contribution in [0.1, 0.15) is 40.0 Å². The van der Waals surface area contributed by atoms with Crippen molar-refractivity contribution in [2.45, 2.75) is 51.6 Å². The first-order valence-corrected chi connectivity index (χ1v) is 6.57. The summed E-state index contributed by atoms with van der Waals surface area (Å²) in [7, 11) is 2.00. The van der Waals surface area contributed by atoms with Crippen molar-refractivity contribution in [3.63, 3.8) is 0 Å². The molecule has 1 saturated carbocycles. The smallest absolute Gasteiger partial charge is 0.324 e. The highest BCUT2D eigenvalue weighted by molar-refractivity contribution is 5.78. The van der Waals surface area contributed by atoms with E-state index in [2.05, 4.69) is 24.1 Å². The minimum atomic E-state index is -0.816. The molecule has 17 heavy (non-hydrogen) atoms. The number of hydrogen-bond acceptors (Lipinski definition) is 3. The van der Waals surface area contributed by atoms with Crippen molar-refractivity contribution in [2.24, 2.45) is 5.92 Å². The van der Waals surface area contributed by atoms with Crippen LogP contribution in [0.15, 0.2) is 0 Å². The van der Waals surface area contributed by atoms with E-state index in [4.69, 9.17) is 0 Å². The van der Waals surface area contributed by atoms with Crippen molar-refractivity contribution in [3.8, 4) is 0 Å². The van der Waals surface area contributed by atoms with Gasteiger partial charge in [0, 0.05) is 19.1 Å². The Labute approximate surface area is 104 Å². The summed E-state index contributed by atoms with van der Waals surface area (Å²) in [6, 6.07) is 0.410. The highest BCUT2D eigenvalue weighted by Gasteiger charge is 2.39. The first-order chi connectivity index (χ1) is 7.87. The van der Waals surface area contributed by atoms with E-state index in [1.165, 1.54) is 0 Å². The molecule has 0 saturated heterocycles. The van der Waals surface area contributed by atoms with E-state index in [1.54, 1.807) is 6.92 Å². The van der Waals surface area contributed by atoms with Gasteiger partial charge in [-0.3, -0.25) is 10.1 Å². The molecule has 1 fully saturated rings. The minimum absolute atomic E-state index is 0.410. The second kappa shape index (κ2) is 5.83. The summed E-state index contributed by atoms with van der Waals surface area (Å²) in [5.41, 5.74) is -0.816. The molecule has 4 nitrogen and oxygen atoms in total. The van der Waals surface area contributed by atoms with E-state index >= 15 is 0 Å². The molecular weight excluding hydrogens is 216 g/mol. The third-order valence-electron chi connectivity index (χ3n) is 3.48. The topological polar surface area (TPSA) is 52.6 Å². The molecule has 1 aliphatic carbocycles. The van der Waals surface area contributed by atoms with Gasteiger partial charge in [0.15, 0.2) is 0 Å². The molecule has 2 N–H and O–H groups in total. The van der Waals surface area contributed by atoms with Gasteiger partial charge in [-0.2, -0.15) is 0 Å². The molecule has 0 aliphatic heterocycles. The molecule has 0 aromatic carbocycles. The second-order valence-corrected chi connectivity index (χ2v) is 5.77. The summed E-state index contributed by atoms with van der Waals surface area (Å²) < 4.78 is 0. The molecule has 4 heteroatoms. The van der Waals surface area contributed by atoms with Crippen molar-refractivity contribution in [1.29, 1.82) is 0 Å². The lowest BCUT2D eigenvalue weighted by Crippen LogP contribution is -2.57. The number of carbonyl (C=O) groups is 1. The van der Waals surface area contributed by atoms with Crippen molar-refractivity contribution in [2.75, 3.05) is 20.1 Å².